The Morgan fingerprint density at radius 3 is 2.53 bits per heavy atom. The average Bonchev–Trinajstić information content (AvgIpc) is 3.45. The highest BCUT2D eigenvalue weighted by Crippen LogP contribution is 2.52. The summed E-state index contributed by atoms with van der Waals surface area (Å²) in [6.07, 6.45) is 5.56. The Morgan fingerprint density at radius 2 is 1.94 bits per heavy atom. The highest BCUT2D eigenvalue weighted by atomic mass is 35.5. The number of halogens is 1. The van der Waals surface area contributed by atoms with Crippen molar-refractivity contribution >= 4 is 29.2 Å². The fourth-order valence-electron chi connectivity index (χ4n) is 5.24. The number of rotatable bonds is 9. The molecule has 2 fully saturated rings. The van der Waals surface area contributed by atoms with E-state index in [0.29, 0.717) is 33.9 Å². The van der Waals surface area contributed by atoms with Gasteiger partial charge >= 0.3 is 5.97 Å². The zero-order chi connectivity index (χ0) is 24.6. The number of hydrogen-bond acceptors (Lipinski definition) is 4. The van der Waals surface area contributed by atoms with Crippen LogP contribution in [0.1, 0.15) is 93.7 Å². The molecule has 1 atom stereocenters. The summed E-state index contributed by atoms with van der Waals surface area (Å²) in [5.74, 6) is 0.318. The summed E-state index contributed by atoms with van der Waals surface area (Å²) in [5, 5.41) is 17.1. The van der Waals surface area contributed by atoms with Crippen LogP contribution in [0.15, 0.2) is 22.7 Å². The van der Waals surface area contributed by atoms with Gasteiger partial charge in [0.05, 0.1) is 28.7 Å². The molecule has 1 amide bonds. The summed E-state index contributed by atoms with van der Waals surface area (Å²) in [4.78, 5) is 24.6. The lowest BCUT2D eigenvalue weighted by atomic mass is 9.67. The van der Waals surface area contributed by atoms with E-state index in [4.69, 9.17) is 16.1 Å². The normalized spacial score (nSPS) is 21.1. The molecule has 0 saturated heterocycles. The molecule has 0 radical (unpaired) electrons. The molecule has 2 aliphatic rings. The zero-order valence-corrected chi connectivity index (χ0v) is 21.2. The van der Waals surface area contributed by atoms with Gasteiger partial charge in [0.15, 0.2) is 0 Å². The molecule has 0 spiro atoms. The van der Waals surface area contributed by atoms with E-state index in [1.165, 1.54) is 6.42 Å². The Balaban J connectivity index is 1.49. The molecule has 0 bridgehead atoms. The minimum Gasteiger partial charge on any atom is -0.481 e. The third kappa shape index (κ3) is 6.01. The molecule has 34 heavy (non-hydrogen) atoms. The second-order valence-electron chi connectivity index (χ2n) is 11.5. The van der Waals surface area contributed by atoms with Crippen LogP contribution in [0.5, 0.6) is 0 Å². The lowest BCUT2D eigenvalue weighted by molar-refractivity contribution is -0.140. The van der Waals surface area contributed by atoms with Gasteiger partial charge in [0.2, 0.25) is 5.91 Å². The Morgan fingerprint density at radius 1 is 1.24 bits per heavy atom. The van der Waals surface area contributed by atoms with Gasteiger partial charge in [-0.3, -0.25) is 9.59 Å². The predicted molar refractivity (Wildman–Crippen MR) is 132 cm³/mol. The number of anilines is 1. The van der Waals surface area contributed by atoms with E-state index in [0.717, 1.165) is 48.3 Å². The first-order chi connectivity index (χ1) is 16.0. The summed E-state index contributed by atoms with van der Waals surface area (Å²) in [7, 11) is 0. The smallest absolute Gasteiger partial charge is 0.304 e. The van der Waals surface area contributed by atoms with Gasteiger partial charge in [-0.05, 0) is 74.0 Å². The van der Waals surface area contributed by atoms with Gasteiger partial charge in [-0.1, -0.05) is 43.6 Å². The van der Waals surface area contributed by atoms with Crippen molar-refractivity contribution in [2.75, 3.05) is 5.32 Å². The molecule has 0 unspecified atom stereocenters. The Bertz CT molecular complexity index is 1060. The van der Waals surface area contributed by atoms with Crippen LogP contribution in [-0.2, 0) is 16.0 Å². The van der Waals surface area contributed by atoms with Crippen LogP contribution in [0.2, 0.25) is 5.02 Å². The van der Waals surface area contributed by atoms with Crippen LogP contribution in [-0.4, -0.2) is 22.1 Å². The number of nitrogens with zero attached hydrogens (tertiary/aromatic N) is 1. The van der Waals surface area contributed by atoms with Crippen LogP contribution in [0.4, 0.5) is 5.69 Å². The number of nitrogens with one attached hydrogen (secondary N) is 1. The van der Waals surface area contributed by atoms with E-state index in [-0.39, 0.29) is 18.7 Å². The SMILES string of the molecule is Cc1ccc(NC(=O)[C@@H](CC(=O)O)Cc2noc([C@H]3C[C@@H](CC(C)(C)C)C3)c2C2CC2)c(Cl)c1. The molecule has 6 nitrogen and oxygen atoms in total. The first-order valence-electron chi connectivity index (χ1n) is 12.3. The lowest BCUT2D eigenvalue weighted by Gasteiger charge is -2.38. The summed E-state index contributed by atoms with van der Waals surface area (Å²) in [6, 6.07) is 5.36. The zero-order valence-electron chi connectivity index (χ0n) is 20.5. The molecule has 7 heteroatoms. The van der Waals surface area contributed by atoms with E-state index < -0.39 is 11.9 Å². The quantitative estimate of drug-likeness (QED) is 0.410. The molecule has 1 heterocycles. The number of carbonyl (C=O) groups is 2. The summed E-state index contributed by atoms with van der Waals surface area (Å²) in [5.41, 5.74) is 3.66. The van der Waals surface area contributed by atoms with Crippen molar-refractivity contribution in [1.82, 2.24) is 5.16 Å². The van der Waals surface area contributed by atoms with Gasteiger partial charge in [-0.2, -0.15) is 0 Å². The molecule has 0 aliphatic heterocycles. The molecule has 2 N–H and O–H groups in total. The largest absolute Gasteiger partial charge is 0.481 e. The third-order valence-corrected chi connectivity index (χ3v) is 7.25. The highest BCUT2D eigenvalue weighted by Gasteiger charge is 2.41. The van der Waals surface area contributed by atoms with Gasteiger partial charge in [0.1, 0.15) is 5.76 Å². The van der Waals surface area contributed by atoms with Crippen molar-refractivity contribution in [3.05, 3.63) is 45.8 Å². The second kappa shape index (κ2) is 9.73. The minimum atomic E-state index is -1.02. The van der Waals surface area contributed by atoms with Crippen molar-refractivity contribution < 1.29 is 19.2 Å². The van der Waals surface area contributed by atoms with E-state index >= 15 is 0 Å². The van der Waals surface area contributed by atoms with Gasteiger partial charge in [0, 0.05) is 17.9 Å². The fraction of sp³-hybridized carbons (Fsp3) is 0.593. The van der Waals surface area contributed by atoms with Crippen LogP contribution in [0, 0.1) is 24.2 Å². The van der Waals surface area contributed by atoms with Crippen molar-refractivity contribution in [3.63, 3.8) is 0 Å². The predicted octanol–water partition coefficient (Wildman–Crippen LogP) is 6.72. The Kier molecular flexibility index (Phi) is 7.09. The monoisotopic (exact) mass is 486 g/mol. The van der Waals surface area contributed by atoms with Crippen molar-refractivity contribution in [1.29, 1.82) is 0 Å². The standard InChI is InChI=1S/C27H35ClN2O4/c1-15-5-8-21(20(28)9-15)29-26(33)19(13-23(31)32)12-22-24(17-6-7-17)25(34-30-22)18-10-16(11-18)14-27(2,3)4/h5,8-9,16-19H,6-7,10-14H2,1-4H3,(H,29,33)(H,31,32)/t16-,18+,19-/m1/s1. The second-order valence-corrected chi connectivity index (χ2v) is 11.9. The number of benzene rings is 1. The van der Waals surface area contributed by atoms with E-state index in [2.05, 4.69) is 31.2 Å². The molecule has 2 aliphatic carbocycles. The third-order valence-electron chi connectivity index (χ3n) is 6.94. The molecule has 1 aromatic heterocycles. The first-order valence-corrected chi connectivity index (χ1v) is 12.6. The highest BCUT2D eigenvalue weighted by molar-refractivity contribution is 6.33. The molecular weight excluding hydrogens is 452 g/mol. The van der Waals surface area contributed by atoms with Gasteiger partial charge < -0.3 is 14.9 Å². The molecule has 184 valence electrons. The number of carboxylic acids is 1. The van der Waals surface area contributed by atoms with Crippen molar-refractivity contribution in [2.45, 2.75) is 84.5 Å². The van der Waals surface area contributed by atoms with E-state index in [1.54, 1.807) is 12.1 Å². The van der Waals surface area contributed by atoms with Crippen LogP contribution < -0.4 is 5.32 Å². The maximum atomic E-state index is 13.1. The first kappa shape index (κ1) is 24.8. The topological polar surface area (TPSA) is 92.4 Å². The van der Waals surface area contributed by atoms with Crippen LogP contribution in [0.25, 0.3) is 0 Å². The van der Waals surface area contributed by atoms with Crippen molar-refractivity contribution in [3.8, 4) is 0 Å². The Hall–Kier alpha value is -2.34. The molecule has 2 aromatic rings. The van der Waals surface area contributed by atoms with Gasteiger partial charge in [-0.15, -0.1) is 0 Å². The number of aliphatic carboxylic acids is 1. The summed E-state index contributed by atoms with van der Waals surface area (Å²) in [6.45, 7) is 8.75. The Labute approximate surface area is 206 Å². The van der Waals surface area contributed by atoms with Gasteiger partial charge in [0.25, 0.3) is 0 Å². The summed E-state index contributed by atoms with van der Waals surface area (Å²) >= 11 is 6.27. The number of hydrogen-bond donors (Lipinski definition) is 2. The lowest BCUT2D eigenvalue weighted by Crippen LogP contribution is -2.28. The number of aromatic nitrogens is 1. The average molecular weight is 487 g/mol. The fourth-order valence-corrected chi connectivity index (χ4v) is 5.52. The van der Waals surface area contributed by atoms with E-state index in [9.17, 15) is 14.7 Å². The van der Waals surface area contributed by atoms with Crippen LogP contribution in [0.3, 0.4) is 0 Å². The molecule has 4 rings (SSSR count). The number of amides is 1. The molecule has 1 aromatic carbocycles. The summed E-state index contributed by atoms with van der Waals surface area (Å²) < 4.78 is 5.87. The number of carbonyl (C=O) groups excluding carboxylic acids is 1. The minimum absolute atomic E-state index is 0.245. The molecular formula is C27H35ClN2O4. The van der Waals surface area contributed by atoms with Gasteiger partial charge in [-0.25, -0.2) is 0 Å². The number of aryl methyl sites for hydroxylation is 1. The molecule has 2 saturated carbocycles. The van der Waals surface area contributed by atoms with E-state index in [1.807, 2.05) is 13.0 Å². The maximum Gasteiger partial charge on any atom is 0.304 e. The number of carboxylic acid groups (broad SMARTS) is 1. The van der Waals surface area contributed by atoms with Crippen LogP contribution >= 0.6 is 11.6 Å². The maximum absolute atomic E-state index is 13.1. The van der Waals surface area contributed by atoms with Crippen molar-refractivity contribution in [2.24, 2.45) is 17.3 Å².